The highest BCUT2D eigenvalue weighted by atomic mass is 35.5. The lowest BCUT2D eigenvalue weighted by Gasteiger charge is -2.05. The third-order valence-electron chi connectivity index (χ3n) is 3.60. The molecule has 1 aromatic heterocycles. The summed E-state index contributed by atoms with van der Waals surface area (Å²) in [5, 5.41) is 3.47. The van der Waals surface area contributed by atoms with E-state index in [0.717, 1.165) is 15.2 Å². The molecule has 6 nitrogen and oxygen atoms in total. The Morgan fingerprint density at radius 1 is 1.07 bits per heavy atom. The SMILES string of the molecule is O=C(COC(=O)CCc1nc2ccccc2s1)NC(=O)c1ccc(Cl)cc1. The van der Waals surface area contributed by atoms with Gasteiger partial charge in [0.25, 0.3) is 11.8 Å². The lowest BCUT2D eigenvalue weighted by atomic mass is 10.2. The van der Waals surface area contributed by atoms with Crippen LogP contribution in [0.4, 0.5) is 0 Å². The van der Waals surface area contributed by atoms with Gasteiger partial charge in [0, 0.05) is 17.0 Å². The van der Waals surface area contributed by atoms with Gasteiger partial charge < -0.3 is 4.74 Å². The fraction of sp³-hybridized carbons (Fsp3) is 0.158. The van der Waals surface area contributed by atoms with Crippen LogP contribution in [0.3, 0.4) is 0 Å². The number of thiazole rings is 1. The van der Waals surface area contributed by atoms with E-state index in [1.807, 2.05) is 24.3 Å². The molecule has 1 heterocycles. The number of halogens is 1. The van der Waals surface area contributed by atoms with Gasteiger partial charge >= 0.3 is 5.97 Å². The number of carbonyl (C=O) groups is 3. The molecule has 0 saturated heterocycles. The molecule has 0 aliphatic rings. The highest BCUT2D eigenvalue weighted by Crippen LogP contribution is 2.22. The van der Waals surface area contributed by atoms with Crippen molar-refractivity contribution in [2.24, 2.45) is 0 Å². The first-order chi connectivity index (χ1) is 13.0. The van der Waals surface area contributed by atoms with Gasteiger partial charge in [-0.15, -0.1) is 11.3 Å². The van der Waals surface area contributed by atoms with Gasteiger partial charge in [-0.25, -0.2) is 4.98 Å². The number of amides is 2. The molecule has 0 spiro atoms. The number of aryl methyl sites for hydroxylation is 1. The van der Waals surface area contributed by atoms with Crippen molar-refractivity contribution >= 4 is 50.9 Å². The number of imide groups is 1. The van der Waals surface area contributed by atoms with E-state index in [0.29, 0.717) is 11.4 Å². The van der Waals surface area contributed by atoms with Crippen LogP contribution in [-0.4, -0.2) is 29.4 Å². The molecule has 0 saturated carbocycles. The minimum absolute atomic E-state index is 0.109. The second kappa shape index (κ2) is 8.75. The Balaban J connectivity index is 1.42. The standard InChI is InChI=1S/C19H15ClN2O4S/c20-13-7-5-12(6-8-13)19(25)22-16(23)11-26-18(24)10-9-17-21-14-3-1-2-4-15(14)27-17/h1-8H,9-11H2,(H,22,23,25). The van der Waals surface area contributed by atoms with Crippen molar-refractivity contribution in [3.8, 4) is 0 Å². The largest absolute Gasteiger partial charge is 0.456 e. The van der Waals surface area contributed by atoms with E-state index >= 15 is 0 Å². The summed E-state index contributed by atoms with van der Waals surface area (Å²) in [5.41, 5.74) is 1.18. The molecule has 0 unspecified atom stereocenters. The Hall–Kier alpha value is -2.77. The quantitative estimate of drug-likeness (QED) is 0.639. The average molecular weight is 403 g/mol. The molecule has 27 heavy (non-hydrogen) atoms. The summed E-state index contributed by atoms with van der Waals surface area (Å²) in [5.74, 6) is -1.80. The van der Waals surface area contributed by atoms with E-state index in [1.165, 1.54) is 23.5 Å². The molecule has 0 aliphatic carbocycles. The fourth-order valence-corrected chi connectivity index (χ4v) is 3.38. The first-order valence-electron chi connectivity index (χ1n) is 8.11. The third kappa shape index (κ3) is 5.35. The Kier molecular flexibility index (Phi) is 6.16. The molecule has 1 N–H and O–H groups in total. The number of aromatic nitrogens is 1. The van der Waals surface area contributed by atoms with E-state index in [1.54, 1.807) is 12.1 Å². The normalized spacial score (nSPS) is 10.6. The van der Waals surface area contributed by atoms with Gasteiger partial charge in [0.05, 0.1) is 21.6 Å². The topological polar surface area (TPSA) is 85.4 Å². The molecular weight excluding hydrogens is 388 g/mol. The Morgan fingerprint density at radius 3 is 2.56 bits per heavy atom. The van der Waals surface area contributed by atoms with Crippen molar-refractivity contribution < 1.29 is 19.1 Å². The molecule has 2 aromatic carbocycles. The number of carbonyl (C=O) groups excluding carboxylic acids is 3. The molecule has 138 valence electrons. The second-order valence-electron chi connectivity index (χ2n) is 5.62. The maximum absolute atomic E-state index is 11.9. The van der Waals surface area contributed by atoms with Gasteiger partial charge in [-0.3, -0.25) is 19.7 Å². The zero-order chi connectivity index (χ0) is 19.2. The number of hydrogen-bond acceptors (Lipinski definition) is 6. The molecule has 0 bridgehead atoms. The van der Waals surface area contributed by atoms with Crippen LogP contribution in [0.25, 0.3) is 10.2 Å². The van der Waals surface area contributed by atoms with E-state index < -0.39 is 24.4 Å². The molecule has 0 atom stereocenters. The summed E-state index contributed by atoms with van der Waals surface area (Å²) in [6.45, 7) is -0.516. The van der Waals surface area contributed by atoms with Gasteiger partial charge in [-0.1, -0.05) is 23.7 Å². The molecule has 0 radical (unpaired) electrons. The lowest BCUT2D eigenvalue weighted by Crippen LogP contribution is -2.34. The van der Waals surface area contributed by atoms with Crippen LogP contribution in [0, 0.1) is 0 Å². The number of rotatable bonds is 6. The molecular formula is C19H15ClN2O4S. The predicted molar refractivity (Wildman–Crippen MR) is 103 cm³/mol. The Morgan fingerprint density at radius 2 is 1.81 bits per heavy atom. The molecule has 3 rings (SSSR count). The Labute approximate surface area is 164 Å². The summed E-state index contributed by atoms with van der Waals surface area (Å²) in [7, 11) is 0. The summed E-state index contributed by atoms with van der Waals surface area (Å²) in [4.78, 5) is 39.9. The van der Waals surface area contributed by atoms with Crippen LogP contribution in [0.2, 0.25) is 5.02 Å². The van der Waals surface area contributed by atoms with Gasteiger partial charge in [-0.2, -0.15) is 0 Å². The van der Waals surface area contributed by atoms with Crippen molar-refractivity contribution in [3.63, 3.8) is 0 Å². The monoisotopic (exact) mass is 402 g/mol. The number of nitrogens with zero attached hydrogens (tertiary/aromatic N) is 1. The number of para-hydroxylation sites is 1. The summed E-state index contributed by atoms with van der Waals surface area (Å²) in [6.07, 6.45) is 0.543. The van der Waals surface area contributed by atoms with E-state index in [-0.39, 0.29) is 12.0 Å². The smallest absolute Gasteiger partial charge is 0.306 e. The summed E-state index contributed by atoms with van der Waals surface area (Å²) in [6, 6.07) is 13.8. The minimum Gasteiger partial charge on any atom is -0.456 e. The van der Waals surface area contributed by atoms with Gasteiger partial charge in [0.1, 0.15) is 0 Å². The molecule has 2 amide bonds. The maximum atomic E-state index is 11.9. The number of fused-ring (bicyclic) bond motifs is 1. The number of benzene rings is 2. The van der Waals surface area contributed by atoms with Crippen LogP contribution < -0.4 is 5.32 Å². The number of ether oxygens (including phenoxy) is 1. The third-order valence-corrected chi connectivity index (χ3v) is 4.95. The number of hydrogen-bond donors (Lipinski definition) is 1. The van der Waals surface area contributed by atoms with Crippen LogP contribution in [0.1, 0.15) is 21.8 Å². The first kappa shape index (κ1) is 19.0. The zero-order valence-corrected chi connectivity index (χ0v) is 15.7. The molecule has 8 heteroatoms. The van der Waals surface area contributed by atoms with Gasteiger partial charge in [0.2, 0.25) is 0 Å². The summed E-state index contributed by atoms with van der Waals surface area (Å²) < 4.78 is 5.96. The highest BCUT2D eigenvalue weighted by Gasteiger charge is 2.13. The number of esters is 1. The fourth-order valence-electron chi connectivity index (χ4n) is 2.29. The minimum atomic E-state index is -0.691. The highest BCUT2D eigenvalue weighted by molar-refractivity contribution is 7.18. The molecule has 3 aromatic rings. The predicted octanol–water partition coefficient (Wildman–Crippen LogP) is 3.38. The maximum Gasteiger partial charge on any atom is 0.306 e. The van der Waals surface area contributed by atoms with Crippen molar-refractivity contribution in [2.45, 2.75) is 12.8 Å². The first-order valence-corrected chi connectivity index (χ1v) is 9.30. The van der Waals surface area contributed by atoms with Crippen molar-refractivity contribution in [2.75, 3.05) is 6.61 Å². The van der Waals surface area contributed by atoms with Crippen molar-refractivity contribution in [3.05, 3.63) is 64.1 Å². The zero-order valence-electron chi connectivity index (χ0n) is 14.1. The van der Waals surface area contributed by atoms with Crippen LogP contribution >= 0.6 is 22.9 Å². The second-order valence-corrected chi connectivity index (χ2v) is 7.17. The van der Waals surface area contributed by atoms with Gasteiger partial charge in [-0.05, 0) is 36.4 Å². The lowest BCUT2D eigenvalue weighted by molar-refractivity contribution is -0.148. The summed E-state index contributed by atoms with van der Waals surface area (Å²) >= 11 is 7.26. The van der Waals surface area contributed by atoms with Crippen molar-refractivity contribution in [1.29, 1.82) is 0 Å². The van der Waals surface area contributed by atoms with Gasteiger partial charge in [0.15, 0.2) is 6.61 Å². The Bertz CT molecular complexity index is 952. The van der Waals surface area contributed by atoms with Crippen molar-refractivity contribution in [1.82, 2.24) is 10.3 Å². The molecule has 0 fully saturated rings. The van der Waals surface area contributed by atoms with Crippen LogP contribution in [-0.2, 0) is 20.7 Å². The molecule has 0 aliphatic heterocycles. The van der Waals surface area contributed by atoms with E-state index in [4.69, 9.17) is 16.3 Å². The van der Waals surface area contributed by atoms with Crippen LogP contribution in [0.15, 0.2) is 48.5 Å². The average Bonchev–Trinajstić information content (AvgIpc) is 3.08. The van der Waals surface area contributed by atoms with Crippen LogP contribution in [0.5, 0.6) is 0 Å². The van der Waals surface area contributed by atoms with E-state index in [9.17, 15) is 14.4 Å². The van der Waals surface area contributed by atoms with E-state index in [2.05, 4.69) is 10.3 Å². The number of nitrogens with one attached hydrogen (secondary N) is 1.